The summed E-state index contributed by atoms with van der Waals surface area (Å²) >= 11 is 0. The van der Waals surface area contributed by atoms with Crippen molar-refractivity contribution in [3.63, 3.8) is 0 Å². The summed E-state index contributed by atoms with van der Waals surface area (Å²) < 4.78 is 11.8. The van der Waals surface area contributed by atoms with E-state index in [2.05, 4.69) is 18.7 Å². The highest BCUT2D eigenvalue weighted by Gasteiger charge is 2.63. The second-order valence-electron chi connectivity index (χ2n) is 9.81. The molecule has 4 heterocycles. The SMILES string of the molecule is CC[C@@H]1[C@H]2CCCCN3[C@@H]2[C@@H](C[C@@H]3[C@@H]2C[C@H](C)C(=O)O2)[C@H]2[C@H]1OC(=O)[C@H]2C. The van der Waals surface area contributed by atoms with Gasteiger partial charge < -0.3 is 9.47 Å². The topological polar surface area (TPSA) is 55.8 Å². The molecule has 0 radical (unpaired) electrons. The fraction of sp³-hybridized carbons (Fsp3) is 0.909. The smallest absolute Gasteiger partial charge is 0.309 e. The number of carbonyl (C=O) groups is 2. The largest absolute Gasteiger partial charge is 0.462 e. The number of nitrogens with zero attached hydrogens (tertiary/aromatic N) is 1. The van der Waals surface area contributed by atoms with Gasteiger partial charge in [0.1, 0.15) is 12.2 Å². The molecule has 0 N–H and O–H groups in total. The molecule has 0 unspecified atom stereocenters. The van der Waals surface area contributed by atoms with Crippen LogP contribution < -0.4 is 0 Å². The van der Waals surface area contributed by atoms with Crippen LogP contribution in [-0.4, -0.2) is 47.7 Å². The number of rotatable bonds is 2. The molecule has 0 aromatic rings. The number of hydrogen-bond donors (Lipinski definition) is 0. The lowest BCUT2D eigenvalue weighted by atomic mass is 9.60. The quantitative estimate of drug-likeness (QED) is 0.695. The summed E-state index contributed by atoms with van der Waals surface area (Å²) in [5, 5.41) is 0. The molecule has 150 valence electrons. The lowest BCUT2D eigenvalue weighted by molar-refractivity contribution is -0.148. The molecule has 5 fully saturated rings. The van der Waals surface area contributed by atoms with Gasteiger partial charge in [0, 0.05) is 23.9 Å². The summed E-state index contributed by atoms with van der Waals surface area (Å²) in [6, 6.07) is 0.865. The predicted molar refractivity (Wildman–Crippen MR) is 99.7 cm³/mol. The van der Waals surface area contributed by atoms with Crippen LogP contribution in [0.5, 0.6) is 0 Å². The molecule has 1 aliphatic carbocycles. The molecule has 10 atom stereocenters. The Morgan fingerprint density at radius 3 is 2.56 bits per heavy atom. The molecule has 0 aromatic carbocycles. The fourth-order valence-corrected chi connectivity index (χ4v) is 7.48. The van der Waals surface area contributed by atoms with E-state index >= 15 is 0 Å². The molecule has 0 amide bonds. The molecule has 5 nitrogen and oxygen atoms in total. The van der Waals surface area contributed by atoms with Gasteiger partial charge in [0.25, 0.3) is 0 Å². The third-order valence-corrected chi connectivity index (χ3v) is 8.61. The van der Waals surface area contributed by atoms with Gasteiger partial charge in [-0.1, -0.05) is 27.2 Å². The van der Waals surface area contributed by atoms with Gasteiger partial charge in [-0.25, -0.2) is 0 Å². The van der Waals surface area contributed by atoms with Crippen molar-refractivity contribution in [3.05, 3.63) is 0 Å². The summed E-state index contributed by atoms with van der Waals surface area (Å²) in [4.78, 5) is 27.3. The first-order valence-corrected chi connectivity index (χ1v) is 11.2. The van der Waals surface area contributed by atoms with Gasteiger partial charge in [-0.15, -0.1) is 0 Å². The van der Waals surface area contributed by atoms with Crippen molar-refractivity contribution >= 4 is 11.9 Å². The molecule has 5 rings (SSSR count). The minimum atomic E-state index is -0.0294. The number of ether oxygens (including phenoxy) is 2. The first-order chi connectivity index (χ1) is 13.0. The Hall–Kier alpha value is -1.10. The van der Waals surface area contributed by atoms with E-state index in [9.17, 15) is 9.59 Å². The third-order valence-electron chi connectivity index (χ3n) is 8.61. The summed E-state index contributed by atoms with van der Waals surface area (Å²) in [5.41, 5.74) is 0. The average molecular weight is 376 g/mol. The van der Waals surface area contributed by atoms with E-state index < -0.39 is 0 Å². The monoisotopic (exact) mass is 375 g/mol. The van der Waals surface area contributed by atoms with Crippen molar-refractivity contribution < 1.29 is 19.1 Å². The van der Waals surface area contributed by atoms with Crippen molar-refractivity contribution in [1.29, 1.82) is 0 Å². The Morgan fingerprint density at radius 2 is 1.85 bits per heavy atom. The van der Waals surface area contributed by atoms with E-state index in [1.54, 1.807) is 0 Å². The highest BCUT2D eigenvalue weighted by molar-refractivity contribution is 5.75. The molecular weight excluding hydrogens is 342 g/mol. The van der Waals surface area contributed by atoms with Gasteiger partial charge >= 0.3 is 11.9 Å². The second kappa shape index (κ2) is 6.47. The van der Waals surface area contributed by atoms with Crippen LogP contribution in [0.4, 0.5) is 0 Å². The molecule has 27 heavy (non-hydrogen) atoms. The Morgan fingerprint density at radius 1 is 1.04 bits per heavy atom. The van der Waals surface area contributed by atoms with Crippen molar-refractivity contribution in [1.82, 2.24) is 4.90 Å². The van der Waals surface area contributed by atoms with Crippen LogP contribution in [0.25, 0.3) is 0 Å². The maximum atomic E-state index is 12.5. The summed E-state index contributed by atoms with van der Waals surface area (Å²) in [6.45, 7) is 7.44. The van der Waals surface area contributed by atoms with Gasteiger partial charge in [-0.05, 0) is 50.5 Å². The minimum absolute atomic E-state index is 0.00362. The minimum Gasteiger partial charge on any atom is -0.462 e. The Balaban J connectivity index is 1.51. The standard InChI is InChI=1S/C22H33NO4/c1-4-13-14-7-5-6-8-23-16(17-9-11(2)21(24)26-17)10-15(19(14)23)18-12(3)22(25)27-20(13)18/h11-20H,4-10H2,1-3H3/t11-,12-,13+,14+,15-,16+,17-,18-,19-,20-/m0/s1. The lowest BCUT2D eigenvalue weighted by Crippen LogP contribution is -2.54. The molecule has 1 saturated carbocycles. The zero-order chi connectivity index (χ0) is 18.9. The van der Waals surface area contributed by atoms with E-state index in [1.807, 2.05) is 6.92 Å². The molecule has 5 heteroatoms. The first-order valence-electron chi connectivity index (χ1n) is 11.2. The van der Waals surface area contributed by atoms with Crippen molar-refractivity contribution in [3.8, 4) is 0 Å². The highest BCUT2D eigenvalue weighted by Crippen LogP contribution is 2.57. The zero-order valence-corrected chi connectivity index (χ0v) is 16.8. The molecular formula is C22H33NO4. The van der Waals surface area contributed by atoms with Crippen LogP contribution >= 0.6 is 0 Å². The van der Waals surface area contributed by atoms with Crippen molar-refractivity contribution in [2.45, 2.75) is 83.6 Å². The molecule has 4 saturated heterocycles. The molecule has 0 bridgehead atoms. The number of carbonyl (C=O) groups excluding carboxylic acids is 2. The fourth-order valence-electron chi connectivity index (χ4n) is 7.48. The van der Waals surface area contributed by atoms with Gasteiger partial charge in [0.2, 0.25) is 0 Å². The third kappa shape index (κ3) is 2.53. The van der Waals surface area contributed by atoms with E-state index in [4.69, 9.17) is 9.47 Å². The molecule has 5 aliphatic rings. The van der Waals surface area contributed by atoms with Gasteiger partial charge in [-0.3, -0.25) is 14.5 Å². The van der Waals surface area contributed by atoms with Crippen LogP contribution in [0.1, 0.15) is 59.3 Å². The predicted octanol–water partition coefficient (Wildman–Crippen LogP) is 3.01. The first kappa shape index (κ1) is 18.0. The van der Waals surface area contributed by atoms with E-state index in [-0.39, 0.29) is 36.0 Å². The van der Waals surface area contributed by atoms with Crippen LogP contribution in [0, 0.1) is 35.5 Å². The van der Waals surface area contributed by atoms with Crippen LogP contribution in [0.15, 0.2) is 0 Å². The van der Waals surface area contributed by atoms with Gasteiger partial charge in [0.15, 0.2) is 0 Å². The van der Waals surface area contributed by atoms with Crippen LogP contribution in [0.2, 0.25) is 0 Å². The van der Waals surface area contributed by atoms with E-state index in [0.717, 1.165) is 25.8 Å². The lowest BCUT2D eigenvalue weighted by Gasteiger charge is -2.48. The summed E-state index contributed by atoms with van der Waals surface area (Å²) in [5.74, 6) is 1.94. The van der Waals surface area contributed by atoms with E-state index in [0.29, 0.717) is 35.8 Å². The maximum Gasteiger partial charge on any atom is 0.309 e. The average Bonchev–Trinajstić information content (AvgIpc) is 3.20. The van der Waals surface area contributed by atoms with E-state index in [1.165, 1.54) is 19.3 Å². The zero-order valence-electron chi connectivity index (χ0n) is 16.8. The normalized spacial score (nSPS) is 52.1. The number of fused-ring (bicyclic) bond motifs is 2. The molecule has 0 aromatic heterocycles. The van der Waals surface area contributed by atoms with Gasteiger partial charge in [0.05, 0.1) is 11.8 Å². The Kier molecular flexibility index (Phi) is 4.30. The number of hydrogen-bond acceptors (Lipinski definition) is 5. The number of cyclic esters (lactones) is 1. The summed E-state index contributed by atoms with van der Waals surface area (Å²) in [7, 11) is 0. The Bertz CT molecular complexity index is 636. The molecule has 4 aliphatic heterocycles. The highest BCUT2D eigenvalue weighted by atomic mass is 16.6. The molecule has 0 spiro atoms. The van der Waals surface area contributed by atoms with Crippen molar-refractivity contribution in [2.24, 2.45) is 35.5 Å². The van der Waals surface area contributed by atoms with Crippen LogP contribution in [0.3, 0.4) is 0 Å². The number of esters is 2. The second-order valence-corrected chi connectivity index (χ2v) is 9.81. The Labute approximate surface area is 162 Å². The van der Waals surface area contributed by atoms with Crippen molar-refractivity contribution in [2.75, 3.05) is 6.54 Å². The van der Waals surface area contributed by atoms with Gasteiger partial charge in [-0.2, -0.15) is 0 Å². The summed E-state index contributed by atoms with van der Waals surface area (Å²) in [6.07, 6.45) is 6.87. The van der Waals surface area contributed by atoms with Crippen LogP contribution in [-0.2, 0) is 19.1 Å². The maximum absolute atomic E-state index is 12.5.